The molecule has 2 aromatic carbocycles. The predicted molar refractivity (Wildman–Crippen MR) is 101 cm³/mol. The first kappa shape index (κ1) is 18.0. The molecule has 2 aromatic rings. The lowest BCUT2D eigenvalue weighted by Gasteiger charge is -2.26. The van der Waals surface area contributed by atoms with Gasteiger partial charge >= 0.3 is 12.0 Å². The van der Waals surface area contributed by atoms with Crippen molar-refractivity contribution in [1.82, 2.24) is 4.90 Å². The highest BCUT2D eigenvalue weighted by molar-refractivity contribution is 5.92. The van der Waals surface area contributed by atoms with Crippen molar-refractivity contribution in [2.45, 2.75) is 32.7 Å². The third-order valence-corrected chi connectivity index (χ3v) is 4.71. The summed E-state index contributed by atoms with van der Waals surface area (Å²) in [6.45, 7) is 4.93. The molecule has 0 aromatic heterocycles. The van der Waals surface area contributed by atoms with Crippen LogP contribution in [0, 0.1) is 6.92 Å². The van der Waals surface area contributed by atoms with E-state index in [-0.39, 0.29) is 18.0 Å². The molecule has 0 saturated carbocycles. The van der Waals surface area contributed by atoms with Gasteiger partial charge in [-0.1, -0.05) is 24.3 Å². The second-order valence-electron chi connectivity index (χ2n) is 6.44. The molecule has 0 bridgehead atoms. The molecule has 136 valence electrons. The number of benzene rings is 2. The molecular weight excluding hydrogens is 328 g/mol. The van der Waals surface area contributed by atoms with E-state index in [1.807, 2.05) is 17.0 Å². The molecule has 1 fully saturated rings. The van der Waals surface area contributed by atoms with Gasteiger partial charge in [-0.15, -0.1) is 0 Å². The zero-order valence-electron chi connectivity index (χ0n) is 15.2. The molecule has 0 radical (unpaired) electrons. The summed E-state index contributed by atoms with van der Waals surface area (Å²) >= 11 is 0. The largest absolute Gasteiger partial charge is 0.462 e. The standard InChI is InChI=1S/C21H24N2O3/c1-3-26-20(24)16-10-12-17(13-11-16)22-21(25)23-14-6-9-19(23)18-8-5-4-7-15(18)2/h4-5,7-8,10-13,19H,3,6,9,14H2,1-2H3,(H,22,25)/t19-/m0/s1. The number of hydrogen-bond donors (Lipinski definition) is 1. The van der Waals surface area contributed by atoms with Crippen molar-refractivity contribution in [3.8, 4) is 0 Å². The number of hydrogen-bond acceptors (Lipinski definition) is 3. The number of anilines is 1. The van der Waals surface area contributed by atoms with Crippen molar-refractivity contribution < 1.29 is 14.3 Å². The van der Waals surface area contributed by atoms with Gasteiger partial charge in [-0.05, 0) is 62.1 Å². The topological polar surface area (TPSA) is 58.6 Å². The molecule has 0 unspecified atom stereocenters. The molecule has 3 rings (SSSR count). The Hall–Kier alpha value is -2.82. The van der Waals surface area contributed by atoms with Crippen LogP contribution in [0.4, 0.5) is 10.5 Å². The number of carbonyl (C=O) groups excluding carboxylic acids is 2. The molecular formula is C21H24N2O3. The SMILES string of the molecule is CCOC(=O)c1ccc(NC(=O)N2CCC[C@H]2c2ccccc2C)cc1. The number of urea groups is 1. The maximum absolute atomic E-state index is 12.8. The molecule has 0 aliphatic carbocycles. The number of nitrogens with zero attached hydrogens (tertiary/aromatic N) is 1. The van der Waals surface area contributed by atoms with Gasteiger partial charge in [0.1, 0.15) is 0 Å². The fraction of sp³-hybridized carbons (Fsp3) is 0.333. The van der Waals surface area contributed by atoms with Crippen LogP contribution in [0.25, 0.3) is 0 Å². The normalized spacial score (nSPS) is 16.4. The summed E-state index contributed by atoms with van der Waals surface area (Å²) in [5.41, 5.74) is 3.55. The van der Waals surface area contributed by atoms with Crippen molar-refractivity contribution in [1.29, 1.82) is 0 Å². The van der Waals surface area contributed by atoms with Crippen molar-refractivity contribution in [2.75, 3.05) is 18.5 Å². The summed E-state index contributed by atoms with van der Waals surface area (Å²) in [5, 5.41) is 2.94. The smallest absolute Gasteiger partial charge is 0.338 e. The second kappa shape index (κ2) is 8.04. The van der Waals surface area contributed by atoms with Gasteiger partial charge in [0.25, 0.3) is 0 Å². The van der Waals surface area contributed by atoms with Crippen LogP contribution in [0.1, 0.15) is 47.3 Å². The number of likely N-dealkylation sites (tertiary alicyclic amines) is 1. The first-order chi connectivity index (χ1) is 12.6. The van der Waals surface area contributed by atoms with E-state index in [0.717, 1.165) is 19.4 Å². The van der Waals surface area contributed by atoms with Crippen LogP contribution in [-0.4, -0.2) is 30.1 Å². The molecule has 1 heterocycles. The van der Waals surface area contributed by atoms with Crippen LogP contribution in [0.15, 0.2) is 48.5 Å². The van der Waals surface area contributed by atoms with E-state index < -0.39 is 0 Å². The summed E-state index contributed by atoms with van der Waals surface area (Å²) in [5.74, 6) is -0.357. The zero-order chi connectivity index (χ0) is 18.5. The highest BCUT2D eigenvalue weighted by Crippen LogP contribution is 2.34. The second-order valence-corrected chi connectivity index (χ2v) is 6.44. The Labute approximate surface area is 154 Å². The Morgan fingerprint density at radius 3 is 2.58 bits per heavy atom. The van der Waals surface area contributed by atoms with Crippen LogP contribution >= 0.6 is 0 Å². The van der Waals surface area contributed by atoms with Crippen LogP contribution in [0.5, 0.6) is 0 Å². The van der Waals surface area contributed by atoms with E-state index in [2.05, 4.69) is 24.4 Å². The zero-order valence-corrected chi connectivity index (χ0v) is 15.2. The van der Waals surface area contributed by atoms with Gasteiger partial charge in [-0.2, -0.15) is 0 Å². The van der Waals surface area contributed by atoms with Crippen LogP contribution in [0.3, 0.4) is 0 Å². The molecule has 5 heteroatoms. The van der Waals surface area contributed by atoms with Crippen molar-refractivity contribution in [3.63, 3.8) is 0 Å². The summed E-state index contributed by atoms with van der Waals surface area (Å²) in [7, 11) is 0. The van der Waals surface area contributed by atoms with Crippen LogP contribution in [-0.2, 0) is 4.74 Å². The van der Waals surface area contributed by atoms with E-state index in [1.54, 1.807) is 31.2 Å². The van der Waals surface area contributed by atoms with Gasteiger partial charge in [0.15, 0.2) is 0 Å². The molecule has 26 heavy (non-hydrogen) atoms. The fourth-order valence-electron chi connectivity index (χ4n) is 3.39. The van der Waals surface area contributed by atoms with Gasteiger partial charge in [-0.3, -0.25) is 0 Å². The average Bonchev–Trinajstić information content (AvgIpc) is 3.12. The summed E-state index contributed by atoms with van der Waals surface area (Å²) in [6.07, 6.45) is 1.97. The minimum Gasteiger partial charge on any atom is -0.462 e. The van der Waals surface area contributed by atoms with Crippen LogP contribution in [0.2, 0.25) is 0 Å². The van der Waals surface area contributed by atoms with Gasteiger partial charge < -0.3 is 15.0 Å². The number of esters is 1. The van der Waals surface area contributed by atoms with Gasteiger partial charge in [0, 0.05) is 12.2 Å². The quantitative estimate of drug-likeness (QED) is 0.822. The van der Waals surface area contributed by atoms with E-state index >= 15 is 0 Å². The number of amides is 2. The monoisotopic (exact) mass is 352 g/mol. The highest BCUT2D eigenvalue weighted by atomic mass is 16.5. The Bertz CT molecular complexity index is 786. The molecule has 2 amide bonds. The summed E-state index contributed by atoms with van der Waals surface area (Å²) in [6, 6.07) is 15.0. The Morgan fingerprint density at radius 2 is 1.88 bits per heavy atom. The molecule has 1 atom stereocenters. The number of nitrogens with one attached hydrogen (secondary N) is 1. The lowest BCUT2D eigenvalue weighted by molar-refractivity contribution is 0.0526. The first-order valence-electron chi connectivity index (χ1n) is 9.00. The van der Waals surface area contributed by atoms with Crippen molar-refractivity contribution >= 4 is 17.7 Å². The Balaban J connectivity index is 1.69. The fourth-order valence-corrected chi connectivity index (χ4v) is 3.39. The Kier molecular flexibility index (Phi) is 5.56. The molecule has 1 saturated heterocycles. The van der Waals surface area contributed by atoms with E-state index in [4.69, 9.17) is 4.74 Å². The van der Waals surface area contributed by atoms with Gasteiger partial charge in [0.05, 0.1) is 18.2 Å². The third-order valence-electron chi connectivity index (χ3n) is 4.71. The van der Waals surface area contributed by atoms with Crippen molar-refractivity contribution in [3.05, 3.63) is 65.2 Å². The van der Waals surface area contributed by atoms with E-state index in [0.29, 0.717) is 17.9 Å². The van der Waals surface area contributed by atoms with Crippen molar-refractivity contribution in [2.24, 2.45) is 0 Å². The van der Waals surface area contributed by atoms with Crippen LogP contribution < -0.4 is 5.32 Å². The highest BCUT2D eigenvalue weighted by Gasteiger charge is 2.30. The summed E-state index contributed by atoms with van der Waals surface area (Å²) in [4.78, 5) is 26.3. The lowest BCUT2D eigenvalue weighted by atomic mass is 9.99. The number of rotatable bonds is 4. The van der Waals surface area contributed by atoms with E-state index in [1.165, 1.54) is 11.1 Å². The minimum absolute atomic E-state index is 0.106. The molecule has 1 aliphatic heterocycles. The van der Waals surface area contributed by atoms with Gasteiger partial charge in [0.2, 0.25) is 0 Å². The maximum atomic E-state index is 12.8. The number of aryl methyl sites for hydroxylation is 1. The molecule has 1 aliphatic rings. The molecule has 1 N–H and O–H groups in total. The van der Waals surface area contributed by atoms with E-state index in [9.17, 15) is 9.59 Å². The summed E-state index contributed by atoms with van der Waals surface area (Å²) < 4.78 is 4.97. The number of carbonyl (C=O) groups is 2. The third kappa shape index (κ3) is 3.87. The maximum Gasteiger partial charge on any atom is 0.338 e. The number of ether oxygens (including phenoxy) is 1. The average molecular weight is 352 g/mol. The molecule has 5 nitrogen and oxygen atoms in total. The minimum atomic E-state index is -0.357. The lowest BCUT2D eigenvalue weighted by Crippen LogP contribution is -2.34. The Morgan fingerprint density at radius 1 is 1.15 bits per heavy atom. The predicted octanol–water partition coefficient (Wildman–Crippen LogP) is 4.54. The van der Waals surface area contributed by atoms with Gasteiger partial charge in [-0.25, -0.2) is 9.59 Å². The molecule has 0 spiro atoms. The first-order valence-corrected chi connectivity index (χ1v) is 9.00.